The van der Waals surface area contributed by atoms with Crippen LogP contribution < -0.4 is 0 Å². The van der Waals surface area contributed by atoms with E-state index in [1.807, 2.05) is 72.8 Å². The molecule has 3 aliphatic carbocycles. The molecule has 4 aromatic rings. The Bertz CT molecular complexity index is 1440. The second-order valence-corrected chi connectivity index (χ2v) is 9.73. The first kappa shape index (κ1) is 20.2. The van der Waals surface area contributed by atoms with Gasteiger partial charge in [0.05, 0.1) is 11.8 Å². The van der Waals surface area contributed by atoms with Gasteiger partial charge in [0.25, 0.3) is 0 Å². The standard InChI is InChI=1S/C29H22N2O4/c32-27-25-23-17-8-1-2-9-18(17)24(20-11-4-3-10-19(20)23)26(25)28(33)31(27)22(29(34)35)13-15-14-30-21-12-6-5-7-16(15)21/h1-12,14,22-26,30H,13H2,(H,34,35)/t22-,23?,24?,25-,26+/m1/s1. The third-order valence-electron chi connectivity index (χ3n) is 8.17. The van der Waals surface area contributed by atoms with Crippen LogP contribution in [0.3, 0.4) is 0 Å². The SMILES string of the molecule is O=C(O)[C@@H](Cc1c[nH]c2ccccc12)N1C(=O)[C@@H]2C3c4ccccc4C(c4ccccc43)[C@@H]2C1=O. The van der Waals surface area contributed by atoms with Crippen LogP contribution in [0.25, 0.3) is 10.9 Å². The number of aliphatic carboxylic acids is 1. The van der Waals surface area contributed by atoms with Gasteiger partial charge in [-0.1, -0.05) is 66.7 Å². The number of nitrogens with one attached hydrogen (secondary N) is 1. The van der Waals surface area contributed by atoms with Crippen molar-refractivity contribution in [2.75, 3.05) is 0 Å². The summed E-state index contributed by atoms with van der Waals surface area (Å²) in [6, 6.07) is 22.4. The monoisotopic (exact) mass is 462 g/mol. The van der Waals surface area contributed by atoms with Gasteiger partial charge in [-0.25, -0.2) is 4.79 Å². The molecule has 0 unspecified atom stereocenters. The van der Waals surface area contributed by atoms with Gasteiger partial charge in [-0.3, -0.25) is 14.5 Å². The topological polar surface area (TPSA) is 90.5 Å². The van der Waals surface area contributed by atoms with E-state index >= 15 is 0 Å². The number of H-pyrrole nitrogens is 1. The second-order valence-electron chi connectivity index (χ2n) is 9.73. The van der Waals surface area contributed by atoms with E-state index in [-0.39, 0.29) is 30.1 Å². The van der Waals surface area contributed by atoms with Crippen LogP contribution in [-0.2, 0) is 20.8 Å². The number of imide groups is 1. The normalized spacial score (nSPS) is 24.9. The zero-order chi connectivity index (χ0) is 23.8. The van der Waals surface area contributed by atoms with Crippen LogP contribution in [0.2, 0.25) is 0 Å². The fourth-order valence-electron chi connectivity index (χ4n) is 6.81. The molecule has 2 amide bonds. The number of hydrogen-bond donors (Lipinski definition) is 2. The average molecular weight is 463 g/mol. The number of rotatable bonds is 4. The lowest BCUT2D eigenvalue weighted by Crippen LogP contribution is -2.47. The van der Waals surface area contributed by atoms with Gasteiger partial charge >= 0.3 is 5.97 Å². The highest BCUT2D eigenvalue weighted by Crippen LogP contribution is 2.61. The molecule has 3 aromatic carbocycles. The summed E-state index contributed by atoms with van der Waals surface area (Å²) in [5, 5.41) is 11.1. The van der Waals surface area contributed by atoms with Crippen molar-refractivity contribution in [3.05, 3.63) is 107 Å². The third kappa shape index (κ3) is 2.62. The Labute approximate surface area is 201 Å². The van der Waals surface area contributed by atoms with Gasteiger partial charge in [-0.05, 0) is 33.9 Å². The number of carbonyl (C=O) groups excluding carboxylic acids is 2. The predicted molar refractivity (Wildman–Crippen MR) is 129 cm³/mol. The van der Waals surface area contributed by atoms with Crippen molar-refractivity contribution in [3.63, 3.8) is 0 Å². The minimum absolute atomic E-state index is 0.0610. The predicted octanol–water partition coefficient (Wildman–Crippen LogP) is 4.06. The van der Waals surface area contributed by atoms with E-state index in [2.05, 4.69) is 4.98 Å². The number of aromatic amines is 1. The molecule has 4 aliphatic rings. The molecule has 2 N–H and O–H groups in total. The zero-order valence-corrected chi connectivity index (χ0v) is 18.7. The number of likely N-dealkylation sites (tertiary alicyclic amines) is 1. The summed E-state index contributed by atoms with van der Waals surface area (Å²) in [5.41, 5.74) is 5.96. The van der Waals surface area contributed by atoms with Crippen molar-refractivity contribution >= 4 is 28.7 Å². The summed E-state index contributed by atoms with van der Waals surface area (Å²) >= 11 is 0. The molecule has 1 aromatic heterocycles. The van der Waals surface area contributed by atoms with Crippen LogP contribution in [0.4, 0.5) is 0 Å². The maximum absolute atomic E-state index is 13.9. The van der Waals surface area contributed by atoms with Gasteiger partial charge in [-0.2, -0.15) is 0 Å². The highest BCUT2D eigenvalue weighted by Gasteiger charge is 2.63. The first-order chi connectivity index (χ1) is 17.1. The van der Waals surface area contributed by atoms with Crippen molar-refractivity contribution in [1.82, 2.24) is 9.88 Å². The maximum atomic E-state index is 13.9. The van der Waals surface area contributed by atoms with Crippen molar-refractivity contribution in [3.8, 4) is 0 Å². The summed E-state index contributed by atoms with van der Waals surface area (Å²) in [5.74, 6) is -3.57. The molecular formula is C29H22N2O4. The number of benzene rings is 3. The Hall–Kier alpha value is -4.19. The first-order valence-electron chi connectivity index (χ1n) is 11.9. The van der Waals surface area contributed by atoms with Crippen molar-refractivity contribution in [2.24, 2.45) is 11.8 Å². The quantitative estimate of drug-likeness (QED) is 0.448. The van der Waals surface area contributed by atoms with Gasteiger partial charge < -0.3 is 10.1 Å². The van der Waals surface area contributed by atoms with Gasteiger partial charge in [0.1, 0.15) is 6.04 Å². The minimum atomic E-state index is -1.26. The lowest BCUT2D eigenvalue weighted by molar-refractivity contribution is -0.155. The van der Waals surface area contributed by atoms with E-state index in [1.165, 1.54) is 0 Å². The van der Waals surface area contributed by atoms with E-state index < -0.39 is 23.8 Å². The number of hydrogen-bond acceptors (Lipinski definition) is 3. The van der Waals surface area contributed by atoms with Crippen LogP contribution in [0, 0.1) is 11.8 Å². The van der Waals surface area contributed by atoms with E-state index in [9.17, 15) is 19.5 Å². The van der Waals surface area contributed by atoms with Crippen LogP contribution in [-0.4, -0.2) is 38.8 Å². The first-order valence-corrected chi connectivity index (χ1v) is 11.9. The Kier molecular flexibility index (Phi) is 4.13. The number of amides is 2. The molecule has 6 nitrogen and oxygen atoms in total. The highest BCUT2D eigenvalue weighted by molar-refractivity contribution is 6.10. The van der Waals surface area contributed by atoms with Gasteiger partial charge in [0.2, 0.25) is 11.8 Å². The summed E-state index contributed by atoms with van der Waals surface area (Å²) in [7, 11) is 0. The van der Waals surface area contributed by atoms with Gasteiger partial charge in [0.15, 0.2) is 0 Å². The third-order valence-corrected chi connectivity index (χ3v) is 8.17. The Balaban J connectivity index is 1.34. The lowest BCUT2D eigenvalue weighted by atomic mass is 9.55. The van der Waals surface area contributed by atoms with E-state index in [4.69, 9.17) is 0 Å². The summed E-state index contributed by atoms with van der Waals surface area (Å²) < 4.78 is 0. The van der Waals surface area contributed by atoms with Crippen molar-refractivity contribution in [1.29, 1.82) is 0 Å². The molecule has 8 rings (SSSR count). The zero-order valence-electron chi connectivity index (χ0n) is 18.7. The molecule has 0 radical (unpaired) electrons. The number of carbonyl (C=O) groups is 3. The largest absolute Gasteiger partial charge is 0.480 e. The Morgan fingerprint density at radius 1 is 0.800 bits per heavy atom. The van der Waals surface area contributed by atoms with Crippen LogP contribution in [0.15, 0.2) is 79.0 Å². The number of fused-ring (bicyclic) bond motifs is 1. The molecule has 1 aliphatic heterocycles. The molecule has 172 valence electrons. The van der Waals surface area contributed by atoms with Crippen molar-refractivity contribution in [2.45, 2.75) is 24.3 Å². The molecule has 6 heteroatoms. The molecule has 2 bridgehead atoms. The van der Waals surface area contributed by atoms with E-state index in [0.717, 1.165) is 43.6 Å². The fraction of sp³-hybridized carbons (Fsp3) is 0.207. The molecule has 0 saturated carbocycles. The number of para-hydroxylation sites is 1. The summed E-state index contributed by atoms with van der Waals surface area (Å²) in [6.07, 6.45) is 1.83. The Morgan fingerprint density at radius 2 is 1.29 bits per heavy atom. The molecule has 1 fully saturated rings. The molecule has 1 saturated heterocycles. The van der Waals surface area contributed by atoms with Crippen LogP contribution in [0.1, 0.15) is 39.7 Å². The maximum Gasteiger partial charge on any atom is 0.327 e. The van der Waals surface area contributed by atoms with E-state index in [0.29, 0.717) is 0 Å². The highest BCUT2D eigenvalue weighted by atomic mass is 16.4. The van der Waals surface area contributed by atoms with Gasteiger partial charge in [0, 0.05) is 35.4 Å². The molecular weight excluding hydrogens is 440 g/mol. The lowest BCUT2D eigenvalue weighted by Gasteiger charge is -2.45. The molecule has 0 spiro atoms. The number of carboxylic acids is 1. The number of nitrogens with zero attached hydrogens (tertiary/aromatic N) is 1. The van der Waals surface area contributed by atoms with Crippen LogP contribution in [0.5, 0.6) is 0 Å². The van der Waals surface area contributed by atoms with Crippen molar-refractivity contribution < 1.29 is 19.5 Å². The minimum Gasteiger partial charge on any atom is -0.480 e. The smallest absolute Gasteiger partial charge is 0.327 e. The van der Waals surface area contributed by atoms with Gasteiger partial charge in [-0.15, -0.1) is 0 Å². The van der Waals surface area contributed by atoms with E-state index in [1.54, 1.807) is 6.20 Å². The average Bonchev–Trinajstić information content (AvgIpc) is 3.41. The summed E-state index contributed by atoms with van der Waals surface area (Å²) in [4.78, 5) is 44.6. The summed E-state index contributed by atoms with van der Waals surface area (Å²) in [6.45, 7) is 0. The number of aromatic nitrogens is 1. The second kappa shape index (κ2) is 7.15. The molecule has 35 heavy (non-hydrogen) atoms. The van der Waals surface area contributed by atoms with Crippen LogP contribution >= 0.6 is 0 Å². The fourth-order valence-corrected chi connectivity index (χ4v) is 6.81. The molecule has 2 heterocycles. The Morgan fingerprint density at radius 3 is 1.80 bits per heavy atom. The molecule has 3 atom stereocenters. The number of carboxylic acid groups (broad SMARTS) is 1.